The number of aryl methyl sites for hydroxylation is 1. The second kappa shape index (κ2) is 5.38. The molecule has 0 radical (unpaired) electrons. The molecule has 1 fully saturated rings. The third-order valence-electron chi connectivity index (χ3n) is 3.53. The van der Waals surface area contributed by atoms with Gasteiger partial charge in [0.2, 0.25) is 10.0 Å². The molecule has 4 nitrogen and oxygen atoms in total. The maximum absolute atomic E-state index is 12.1. The van der Waals surface area contributed by atoms with Crippen LogP contribution in [0.3, 0.4) is 0 Å². The van der Waals surface area contributed by atoms with Crippen molar-refractivity contribution < 1.29 is 13.5 Å². The minimum Gasteiger partial charge on any atom is -0.393 e. The van der Waals surface area contributed by atoms with E-state index in [4.69, 9.17) is 0 Å². The molecule has 5 heteroatoms. The van der Waals surface area contributed by atoms with Crippen molar-refractivity contribution in [1.29, 1.82) is 0 Å². The zero-order valence-corrected chi connectivity index (χ0v) is 11.3. The molecule has 1 aliphatic carbocycles. The molecule has 18 heavy (non-hydrogen) atoms. The minimum atomic E-state index is -3.22. The van der Waals surface area contributed by atoms with Crippen LogP contribution in [0.5, 0.6) is 0 Å². The smallest absolute Gasteiger partial charge is 0.214 e. The number of hydrogen-bond donors (Lipinski definition) is 1. The van der Waals surface area contributed by atoms with Crippen LogP contribution in [-0.2, 0) is 16.4 Å². The molecule has 100 valence electrons. The largest absolute Gasteiger partial charge is 0.393 e. The van der Waals surface area contributed by atoms with Gasteiger partial charge in [-0.15, -0.1) is 0 Å². The second-order valence-electron chi connectivity index (χ2n) is 4.85. The molecule has 0 saturated heterocycles. The van der Waals surface area contributed by atoms with Gasteiger partial charge in [-0.25, -0.2) is 12.7 Å². The van der Waals surface area contributed by atoms with Crippen LogP contribution in [0.1, 0.15) is 18.4 Å². The summed E-state index contributed by atoms with van der Waals surface area (Å²) in [6, 6.07) is 9.58. The second-order valence-corrected chi connectivity index (χ2v) is 6.99. The lowest BCUT2D eigenvalue weighted by Gasteiger charge is -2.37. The Morgan fingerprint density at radius 3 is 2.44 bits per heavy atom. The molecule has 0 heterocycles. The first-order chi connectivity index (χ1) is 8.49. The van der Waals surface area contributed by atoms with E-state index in [1.165, 1.54) is 4.31 Å². The topological polar surface area (TPSA) is 57.6 Å². The van der Waals surface area contributed by atoms with E-state index >= 15 is 0 Å². The molecule has 0 aromatic heterocycles. The maximum Gasteiger partial charge on any atom is 0.214 e. The fourth-order valence-corrected chi connectivity index (χ4v) is 3.53. The summed E-state index contributed by atoms with van der Waals surface area (Å²) in [6.45, 7) is 0. The molecule has 0 atom stereocenters. The van der Waals surface area contributed by atoms with Crippen LogP contribution in [0.4, 0.5) is 0 Å². The maximum atomic E-state index is 12.1. The van der Waals surface area contributed by atoms with Gasteiger partial charge >= 0.3 is 0 Å². The van der Waals surface area contributed by atoms with Gasteiger partial charge in [-0.1, -0.05) is 30.3 Å². The highest BCUT2D eigenvalue weighted by Crippen LogP contribution is 2.26. The highest BCUT2D eigenvalue weighted by molar-refractivity contribution is 7.89. The summed E-state index contributed by atoms with van der Waals surface area (Å²) >= 11 is 0. The summed E-state index contributed by atoms with van der Waals surface area (Å²) in [5.74, 6) is 0.125. The first-order valence-corrected chi connectivity index (χ1v) is 7.77. The minimum absolute atomic E-state index is 0.0271. The number of rotatable bonds is 5. The van der Waals surface area contributed by atoms with Crippen molar-refractivity contribution in [3.63, 3.8) is 0 Å². The summed E-state index contributed by atoms with van der Waals surface area (Å²) in [5.41, 5.74) is 1.03. The molecule has 1 aromatic carbocycles. The first kappa shape index (κ1) is 13.5. The standard InChI is InChI=1S/C13H19NO3S/c1-14(12-9-13(15)10-12)18(16,17)8-7-11-5-3-2-4-6-11/h2-6,12-13,15H,7-10H2,1H3. The fourth-order valence-electron chi connectivity index (χ4n) is 2.12. The lowest BCUT2D eigenvalue weighted by atomic mass is 9.90. The van der Waals surface area contributed by atoms with Crippen molar-refractivity contribution in [2.45, 2.75) is 31.4 Å². The molecule has 0 aliphatic heterocycles. The van der Waals surface area contributed by atoms with Gasteiger partial charge in [-0.3, -0.25) is 0 Å². The van der Waals surface area contributed by atoms with Crippen molar-refractivity contribution in [1.82, 2.24) is 4.31 Å². The third-order valence-corrected chi connectivity index (χ3v) is 5.43. The fraction of sp³-hybridized carbons (Fsp3) is 0.538. The zero-order chi connectivity index (χ0) is 13.2. The van der Waals surface area contributed by atoms with E-state index in [-0.39, 0.29) is 17.9 Å². The van der Waals surface area contributed by atoms with E-state index in [1.54, 1.807) is 7.05 Å². The molecule has 2 rings (SSSR count). The van der Waals surface area contributed by atoms with Crippen LogP contribution in [-0.4, -0.2) is 42.8 Å². The number of aliphatic hydroxyl groups excluding tert-OH is 1. The van der Waals surface area contributed by atoms with E-state index in [0.29, 0.717) is 19.3 Å². The van der Waals surface area contributed by atoms with E-state index in [0.717, 1.165) is 5.56 Å². The lowest BCUT2D eigenvalue weighted by Crippen LogP contribution is -2.48. The normalized spacial score (nSPS) is 23.9. The number of sulfonamides is 1. The quantitative estimate of drug-likeness (QED) is 0.868. The molecular formula is C13H19NO3S. The monoisotopic (exact) mass is 269 g/mol. The number of nitrogens with zero attached hydrogens (tertiary/aromatic N) is 1. The Balaban J connectivity index is 1.91. The van der Waals surface area contributed by atoms with Crippen molar-refractivity contribution in [3.8, 4) is 0 Å². The van der Waals surface area contributed by atoms with Crippen LogP contribution >= 0.6 is 0 Å². The molecule has 0 bridgehead atoms. The van der Waals surface area contributed by atoms with Crippen LogP contribution in [0.2, 0.25) is 0 Å². The highest BCUT2D eigenvalue weighted by Gasteiger charge is 2.35. The molecule has 0 amide bonds. The average molecular weight is 269 g/mol. The Morgan fingerprint density at radius 2 is 1.89 bits per heavy atom. The SMILES string of the molecule is CN(C1CC(O)C1)S(=O)(=O)CCc1ccccc1. The summed E-state index contributed by atoms with van der Waals surface area (Å²) in [4.78, 5) is 0. The summed E-state index contributed by atoms with van der Waals surface area (Å²) in [5, 5.41) is 9.22. The van der Waals surface area contributed by atoms with Gasteiger partial charge in [0.05, 0.1) is 11.9 Å². The van der Waals surface area contributed by atoms with Gasteiger partial charge in [-0.05, 0) is 24.8 Å². The van der Waals surface area contributed by atoms with Crippen molar-refractivity contribution in [2.24, 2.45) is 0 Å². The zero-order valence-electron chi connectivity index (χ0n) is 10.5. The van der Waals surface area contributed by atoms with Gasteiger partial charge in [0.25, 0.3) is 0 Å². The Labute approximate surface area is 108 Å². The van der Waals surface area contributed by atoms with E-state index < -0.39 is 10.0 Å². The van der Waals surface area contributed by atoms with Gasteiger partial charge in [0.1, 0.15) is 0 Å². The van der Waals surface area contributed by atoms with Crippen molar-refractivity contribution >= 4 is 10.0 Å². The Bertz CT molecular complexity index is 480. The Kier molecular flexibility index (Phi) is 4.04. The van der Waals surface area contributed by atoms with E-state index in [1.807, 2.05) is 30.3 Å². The molecule has 1 aromatic rings. The lowest BCUT2D eigenvalue weighted by molar-refractivity contribution is 0.0396. The molecule has 1 N–H and O–H groups in total. The predicted molar refractivity (Wildman–Crippen MR) is 70.7 cm³/mol. The molecule has 1 aliphatic rings. The summed E-state index contributed by atoms with van der Waals surface area (Å²) < 4.78 is 25.6. The number of hydrogen-bond acceptors (Lipinski definition) is 3. The third kappa shape index (κ3) is 3.10. The van der Waals surface area contributed by atoms with Crippen LogP contribution in [0.15, 0.2) is 30.3 Å². The Hall–Kier alpha value is -0.910. The summed E-state index contributed by atoms with van der Waals surface area (Å²) in [6.07, 6.45) is 1.31. The predicted octanol–water partition coefficient (Wildman–Crippen LogP) is 1.01. The van der Waals surface area contributed by atoms with E-state index in [9.17, 15) is 13.5 Å². The van der Waals surface area contributed by atoms with Crippen LogP contribution in [0, 0.1) is 0 Å². The van der Waals surface area contributed by atoms with Crippen molar-refractivity contribution in [3.05, 3.63) is 35.9 Å². The average Bonchev–Trinajstić information content (AvgIpc) is 2.33. The number of benzene rings is 1. The summed E-state index contributed by atoms with van der Waals surface area (Å²) in [7, 11) is -1.61. The van der Waals surface area contributed by atoms with E-state index in [2.05, 4.69) is 0 Å². The number of aliphatic hydroxyl groups is 1. The molecule has 0 spiro atoms. The van der Waals surface area contributed by atoms with Gasteiger partial charge in [0, 0.05) is 13.1 Å². The van der Waals surface area contributed by atoms with Crippen LogP contribution in [0.25, 0.3) is 0 Å². The molecule has 0 unspecified atom stereocenters. The van der Waals surface area contributed by atoms with Gasteiger partial charge < -0.3 is 5.11 Å². The highest BCUT2D eigenvalue weighted by atomic mass is 32.2. The van der Waals surface area contributed by atoms with Crippen LogP contribution < -0.4 is 0 Å². The first-order valence-electron chi connectivity index (χ1n) is 6.17. The molecular weight excluding hydrogens is 250 g/mol. The van der Waals surface area contributed by atoms with Gasteiger partial charge in [0.15, 0.2) is 0 Å². The molecule has 1 saturated carbocycles. The van der Waals surface area contributed by atoms with Gasteiger partial charge in [-0.2, -0.15) is 0 Å². The Morgan fingerprint density at radius 1 is 1.28 bits per heavy atom. The van der Waals surface area contributed by atoms with Crippen molar-refractivity contribution in [2.75, 3.05) is 12.8 Å².